The molecule has 2 aromatic carbocycles. The fourth-order valence-corrected chi connectivity index (χ4v) is 3.94. The molecule has 4 nitrogen and oxygen atoms in total. The lowest BCUT2D eigenvalue weighted by Gasteiger charge is -2.36. The van der Waals surface area contributed by atoms with Crippen LogP contribution in [0.1, 0.15) is 36.7 Å². The second kappa shape index (κ2) is 9.44. The third-order valence-corrected chi connectivity index (χ3v) is 5.80. The molecule has 0 aliphatic carbocycles. The molecular formula is C23H30ClN3O. The molecule has 1 aliphatic heterocycles. The highest BCUT2D eigenvalue weighted by Gasteiger charge is 2.23. The lowest BCUT2D eigenvalue weighted by molar-refractivity contribution is 0.0746. The first-order valence-electron chi connectivity index (χ1n) is 10.1. The summed E-state index contributed by atoms with van der Waals surface area (Å²) in [6.07, 6.45) is 0. The first kappa shape index (κ1) is 20.7. The van der Waals surface area contributed by atoms with E-state index in [2.05, 4.69) is 42.7 Å². The maximum atomic E-state index is 12.9. The van der Waals surface area contributed by atoms with E-state index in [4.69, 9.17) is 11.6 Å². The van der Waals surface area contributed by atoms with Gasteiger partial charge in [-0.15, -0.1) is 0 Å². The number of nitrogens with zero attached hydrogens (tertiary/aromatic N) is 3. The van der Waals surface area contributed by atoms with Crippen molar-refractivity contribution in [1.29, 1.82) is 0 Å². The van der Waals surface area contributed by atoms with Crippen LogP contribution in [0.4, 0.5) is 5.69 Å². The second-order valence-corrected chi connectivity index (χ2v) is 7.99. The molecule has 1 fully saturated rings. The van der Waals surface area contributed by atoms with Crippen LogP contribution in [0.15, 0.2) is 48.5 Å². The zero-order valence-electron chi connectivity index (χ0n) is 17.1. The lowest BCUT2D eigenvalue weighted by Crippen LogP contribution is -2.48. The number of hydrogen-bond donors (Lipinski definition) is 0. The molecule has 3 rings (SSSR count). The molecule has 0 atom stereocenters. The molecule has 0 bridgehead atoms. The van der Waals surface area contributed by atoms with Crippen molar-refractivity contribution in [3.05, 3.63) is 64.7 Å². The fourth-order valence-electron chi connectivity index (χ4n) is 3.69. The molecule has 1 heterocycles. The van der Waals surface area contributed by atoms with E-state index >= 15 is 0 Å². The Labute approximate surface area is 173 Å². The van der Waals surface area contributed by atoms with Gasteiger partial charge >= 0.3 is 0 Å². The zero-order chi connectivity index (χ0) is 20.1. The number of amides is 1. The van der Waals surface area contributed by atoms with E-state index < -0.39 is 0 Å². The first-order valence-corrected chi connectivity index (χ1v) is 10.5. The van der Waals surface area contributed by atoms with Crippen LogP contribution in [0.5, 0.6) is 0 Å². The minimum Gasteiger partial charge on any atom is -0.367 e. The molecular weight excluding hydrogens is 370 g/mol. The van der Waals surface area contributed by atoms with Gasteiger partial charge in [-0.25, -0.2) is 0 Å². The van der Waals surface area contributed by atoms with Crippen molar-refractivity contribution >= 4 is 23.2 Å². The van der Waals surface area contributed by atoms with Gasteiger partial charge in [-0.1, -0.05) is 42.8 Å². The van der Waals surface area contributed by atoms with Gasteiger partial charge in [0.05, 0.1) is 10.7 Å². The average Bonchev–Trinajstić information content (AvgIpc) is 2.72. The van der Waals surface area contributed by atoms with Gasteiger partial charge in [0, 0.05) is 44.3 Å². The largest absolute Gasteiger partial charge is 0.367 e. The molecule has 5 heteroatoms. The summed E-state index contributed by atoms with van der Waals surface area (Å²) in [5.41, 5.74) is 3.06. The number of carbonyl (C=O) groups is 1. The van der Waals surface area contributed by atoms with Crippen molar-refractivity contribution in [2.45, 2.75) is 33.4 Å². The Morgan fingerprint density at radius 3 is 2.25 bits per heavy atom. The fraction of sp³-hybridized carbons (Fsp3) is 0.435. The standard InChI is InChI=1S/C23H30ClN3O/c1-4-25(18(2)3)17-19-9-11-20(12-10-19)23(28)27-15-13-26(14-16-27)22-8-6-5-7-21(22)24/h5-12,18H,4,13-17H2,1-3H3. The van der Waals surface area contributed by atoms with E-state index in [1.165, 1.54) is 5.56 Å². The number of piperazine rings is 1. The summed E-state index contributed by atoms with van der Waals surface area (Å²) in [7, 11) is 0. The lowest BCUT2D eigenvalue weighted by atomic mass is 10.1. The number of halogens is 1. The maximum absolute atomic E-state index is 12.9. The van der Waals surface area contributed by atoms with Crippen molar-refractivity contribution in [3.8, 4) is 0 Å². The van der Waals surface area contributed by atoms with Crippen LogP contribution in [0.2, 0.25) is 5.02 Å². The van der Waals surface area contributed by atoms with Crippen molar-refractivity contribution in [1.82, 2.24) is 9.80 Å². The Bertz CT molecular complexity index is 783. The van der Waals surface area contributed by atoms with Crippen LogP contribution in [-0.2, 0) is 6.54 Å². The Balaban J connectivity index is 1.58. The predicted octanol–water partition coefficient (Wildman–Crippen LogP) is 4.53. The van der Waals surface area contributed by atoms with Crippen molar-refractivity contribution in [2.24, 2.45) is 0 Å². The molecule has 0 aromatic heterocycles. The van der Waals surface area contributed by atoms with Crippen molar-refractivity contribution in [3.63, 3.8) is 0 Å². The van der Waals surface area contributed by atoms with Gasteiger partial charge in [-0.3, -0.25) is 9.69 Å². The third kappa shape index (κ3) is 4.86. The maximum Gasteiger partial charge on any atom is 0.253 e. The number of para-hydroxylation sites is 1. The van der Waals surface area contributed by atoms with Crippen LogP contribution in [0.25, 0.3) is 0 Å². The summed E-state index contributed by atoms with van der Waals surface area (Å²) >= 11 is 6.31. The molecule has 28 heavy (non-hydrogen) atoms. The topological polar surface area (TPSA) is 26.8 Å². The van der Waals surface area contributed by atoms with Crippen LogP contribution in [0.3, 0.4) is 0 Å². The third-order valence-electron chi connectivity index (χ3n) is 5.48. The van der Waals surface area contributed by atoms with Gasteiger partial charge in [-0.05, 0) is 50.2 Å². The first-order chi connectivity index (χ1) is 13.5. The number of benzene rings is 2. The highest BCUT2D eigenvalue weighted by atomic mass is 35.5. The van der Waals surface area contributed by atoms with E-state index in [1.54, 1.807) is 0 Å². The van der Waals surface area contributed by atoms with Crippen LogP contribution in [-0.4, -0.2) is 54.5 Å². The molecule has 0 saturated carbocycles. The van der Waals surface area contributed by atoms with Gasteiger partial charge in [-0.2, -0.15) is 0 Å². The van der Waals surface area contributed by atoms with E-state index in [1.807, 2.05) is 41.3 Å². The molecule has 1 aliphatic rings. The Kier molecular flexibility index (Phi) is 6.97. The molecule has 0 unspecified atom stereocenters. The van der Waals surface area contributed by atoms with E-state index in [-0.39, 0.29) is 5.91 Å². The van der Waals surface area contributed by atoms with Gasteiger partial charge < -0.3 is 9.80 Å². The molecule has 0 radical (unpaired) electrons. The summed E-state index contributed by atoms with van der Waals surface area (Å²) in [4.78, 5) is 19.5. The normalized spacial score (nSPS) is 14.8. The average molecular weight is 400 g/mol. The molecule has 0 spiro atoms. The van der Waals surface area contributed by atoms with Gasteiger partial charge in [0.2, 0.25) is 0 Å². The highest BCUT2D eigenvalue weighted by molar-refractivity contribution is 6.33. The Morgan fingerprint density at radius 2 is 1.68 bits per heavy atom. The van der Waals surface area contributed by atoms with Gasteiger partial charge in [0.15, 0.2) is 0 Å². The van der Waals surface area contributed by atoms with Gasteiger partial charge in [0.1, 0.15) is 0 Å². The van der Waals surface area contributed by atoms with Crippen LogP contribution >= 0.6 is 11.6 Å². The summed E-state index contributed by atoms with van der Waals surface area (Å²) < 4.78 is 0. The minimum atomic E-state index is 0.113. The van der Waals surface area contributed by atoms with E-state index in [0.29, 0.717) is 19.1 Å². The quantitative estimate of drug-likeness (QED) is 0.713. The van der Waals surface area contributed by atoms with Crippen molar-refractivity contribution < 1.29 is 4.79 Å². The number of anilines is 1. The summed E-state index contributed by atoms with van der Waals surface area (Å²) in [6.45, 7) is 11.6. The summed E-state index contributed by atoms with van der Waals surface area (Å²) in [5, 5.41) is 0.764. The molecule has 0 N–H and O–H groups in total. The van der Waals surface area contributed by atoms with Gasteiger partial charge in [0.25, 0.3) is 5.91 Å². The smallest absolute Gasteiger partial charge is 0.253 e. The highest BCUT2D eigenvalue weighted by Crippen LogP contribution is 2.26. The van der Waals surface area contributed by atoms with E-state index in [9.17, 15) is 4.79 Å². The predicted molar refractivity (Wildman–Crippen MR) is 117 cm³/mol. The zero-order valence-corrected chi connectivity index (χ0v) is 17.8. The summed E-state index contributed by atoms with van der Waals surface area (Å²) in [5.74, 6) is 0.113. The molecule has 1 saturated heterocycles. The number of hydrogen-bond acceptors (Lipinski definition) is 3. The number of carbonyl (C=O) groups excluding carboxylic acids is 1. The molecule has 1 amide bonds. The SMILES string of the molecule is CCN(Cc1ccc(C(=O)N2CCN(c3ccccc3Cl)CC2)cc1)C(C)C. The van der Waals surface area contributed by atoms with Crippen LogP contribution < -0.4 is 4.90 Å². The minimum absolute atomic E-state index is 0.113. The Morgan fingerprint density at radius 1 is 1.04 bits per heavy atom. The van der Waals surface area contributed by atoms with Crippen LogP contribution in [0, 0.1) is 0 Å². The van der Waals surface area contributed by atoms with E-state index in [0.717, 1.165) is 42.5 Å². The monoisotopic (exact) mass is 399 g/mol. The molecule has 150 valence electrons. The van der Waals surface area contributed by atoms with Crippen molar-refractivity contribution in [2.75, 3.05) is 37.6 Å². The molecule has 2 aromatic rings. The summed E-state index contributed by atoms with van der Waals surface area (Å²) in [6, 6.07) is 16.5. The Hall–Kier alpha value is -2.04. The number of rotatable bonds is 6. The second-order valence-electron chi connectivity index (χ2n) is 7.58.